The van der Waals surface area contributed by atoms with Crippen LogP contribution < -0.4 is 5.32 Å². The molecule has 25 heavy (non-hydrogen) atoms. The molecule has 1 aromatic carbocycles. The van der Waals surface area contributed by atoms with E-state index in [4.69, 9.17) is 16.3 Å². The van der Waals surface area contributed by atoms with Crippen molar-refractivity contribution in [1.82, 2.24) is 4.90 Å². The first kappa shape index (κ1) is 18.0. The summed E-state index contributed by atoms with van der Waals surface area (Å²) in [5.41, 5.74) is -0.558. The third-order valence-corrected chi connectivity index (χ3v) is 4.92. The number of carbonyl (C=O) groups is 2. The lowest BCUT2D eigenvalue weighted by atomic mass is 9.69. The van der Waals surface area contributed by atoms with Crippen molar-refractivity contribution in [3.63, 3.8) is 0 Å². The zero-order valence-electron chi connectivity index (χ0n) is 14.6. The summed E-state index contributed by atoms with van der Waals surface area (Å²) >= 11 is 5.98. The van der Waals surface area contributed by atoms with Crippen LogP contribution in [0.3, 0.4) is 0 Å². The van der Waals surface area contributed by atoms with Crippen molar-refractivity contribution in [2.75, 3.05) is 18.4 Å². The van der Waals surface area contributed by atoms with Crippen molar-refractivity contribution in [3.8, 4) is 0 Å². The second kappa shape index (κ2) is 6.16. The molecule has 3 rings (SSSR count). The fourth-order valence-corrected chi connectivity index (χ4v) is 3.88. The molecule has 1 spiro atoms. The average Bonchev–Trinajstić information content (AvgIpc) is 2.49. The van der Waals surface area contributed by atoms with Gasteiger partial charge in [-0.05, 0) is 45.7 Å². The highest BCUT2D eigenvalue weighted by Crippen LogP contribution is 2.46. The Morgan fingerprint density at radius 1 is 1.40 bits per heavy atom. The van der Waals surface area contributed by atoms with Gasteiger partial charge in [-0.1, -0.05) is 11.6 Å². The summed E-state index contributed by atoms with van der Waals surface area (Å²) in [4.78, 5) is 26.2. The van der Waals surface area contributed by atoms with E-state index in [1.54, 1.807) is 31.7 Å². The number of likely N-dealkylation sites (tertiary alicyclic amines) is 1. The van der Waals surface area contributed by atoms with E-state index in [0.29, 0.717) is 30.6 Å². The monoisotopic (exact) mass is 368 g/mol. The molecule has 5 nitrogen and oxygen atoms in total. The minimum atomic E-state index is -0.776. The Bertz CT molecular complexity index is 732. The lowest BCUT2D eigenvalue weighted by Crippen LogP contribution is -2.53. The van der Waals surface area contributed by atoms with Crippen molar-refractivity contribution in [2.24, 2.45) is 0 Å². The molecule has 136 valence electrons. The first-order valence-electron chi connectivity index (χ1n) is 8.38. The van der Waals surface area contributed by atoms with Crippen LogP contribution in [0.15, 0.2) is 12.1 Å². The molecule has 1 N–H and O–H groups in total. The van der Waals surface area contributed by atoms with Crippen LogP contribution in [0.5, 0.6) is 0 Å². The van der Waals surface area contributed by atoms with Gasteiger partial charge in [-0.2, -0.15) is 0 Å². The van der Waals surface area contributed by atoms with E-state index in [1.165, 1.54) is 6.07 Å². The summed E-state index contributed by atoms with van der Waals surface area (Å²) in [5.74, 6) is -0.703. The predicted octanol–water partition coefficient (Wildman–Crippen LogP) is 4.09. The third kappa shape index (κ3) is 3.45. The molecular formula is C18H22ClFN2O3. The Labute approximate surface area is 151 Å². The highest BCUT2D eigenvalue weighted by Gasteiger charge is 2.47. The average molecular weight is 369 g/mol. The number of hydrogen-bond acceptors (Lipinski definition) is 3. The van der Waals surface area contributed by atoms with Crippen molar-refractivity contribution in [1.29, 1.82) is 0 Å². The Hall–Kier alpha value is -1.82. The number of fused-ring (bicyclic) bond motifs is 2. The normalized spacial score (nSPS) is 23.2. The molecule has 2 heterocycles. The Morgan fingerprint density at radius 2 is 2.12 bits per heavy atom. The van der Waals surface area contributed by atoms with Crippen molar-refractivity contribution in [2.45, 2.75) is 51.0 Å². The second-order valence-electron chi connectivity index (χ2n) is 7.79. The quantitative estimate of drug-likeness (QED) is 0.750. The zero-order chi connectivity index (χ0) is 18.4. The second-order valence-corrected chi connectivity index (χ2v) is 8.20. The van der Waals surface area contributed by atoms with Gasteiger partial charge in [-0.3, -0.25) is 4.79 Å². The van der Waals surface area contributed by atoms with Gasteiger partial charge in [-0.25, -0.2) is 9.18 Å². The zero-order valence-corrected chi connectivity index (χ0v) is 15.4. The number of piperidine rings is 1. The summed E-state index contributed by atoms with van der Waals surface area (Å²) < 4.78 is 20.3. The molecule has 1 unspecified atom stereocenters. The van der Waals surface area contributed by atoms with E-state index < -0.39 is 22.9 Å². The number of halogens is 2. The van der Waals surface area contributed by atoms with Crippen LogP contribution in [0.4, 0.5) is 14.9 Å². The van der Waals surface area contributed by atoms with Crippen molar-refractivity contribution in [3.05, 3.63) is 28.5 Å². The number of nitrogens with zero attached hydrogens (tertiary/aromatic N) is 1. The van der Waals surface area contributed by atoms with Crippen LogP contribution in [0, 0.1) is 5.82 Å². The maximum atomic E-state index is 14.8. The van der Waals surface area contributed by atoms with Gasteiger partial charge in [0.15, 0.2) is 0 Å². The molecule has 1 fully saturated rings. The van der Waals surface area contributed by atoms with Gasteiger partial charge in [-0.15, -0.1) is 0 Å². The topological polar surface area (TPSA) is 58.6 Å². The number of benzene rings is 1. The van der Waals surface area contributed by atoms with E-state index >= 15 is 0 Å². The summed E-state index contributed by atoms with van der Waals surface area (Å²) in [6.07, 6.45) is 0.958. The van der Waals surface area contributed by atoms with E-state index in [1.807, 2.05) is 0 Å². The summed E-state index contributed by atoms with van der Waals surface area (Å²) in [7, 11) is 0. The molecule has 0 radical (unpaired) electrons. The third-order valence-electron chi connectivity index (χ3n) is 4.63. The van der Waals surface area contributed by atoms with Crippen molar-refractivity contribution < 1.29 is 18.7 Å². The van der Waals surface area contributed by atoms with Crippen LogP contribution in [-0.2, 0) is 14.9 Å². The number of anilines is 1. The van der Waals surface area contributed by atoms with Crippen LogP contribution in [0.25, 0.3) is 0 Å². The maximum Gasteiger partial charge on any atom is 0.410 e. The first-order valence-corrected chi connectivity index (χ1v) is 8.75. The van der Waals surface area contributed by atoms with Gasteiger partial charge in [0.2, 0.25) is 5.91 Å². The van der Waals surface area contributed by atoms with Gasteiger partial charge in [0.1, 0.15) is 11.4 Å². The lowest BCUT2D eigenvalue weighted by molar-refractivity contribution is -0.118. The molecule has 1 saturated heterocycles. The number of nitrogens with one attached hydrogen (secondary N) is 1. The van der Waals surface area contributed by atoms with Crippen LogP contribution in [0.1, 0.15) is 45.6 Å². The van der Waals surface area contributed by atoms with Gasteiger partial charge < -0.3 is 15.0 Å². The van der Waals surface area contributed by atoms with Gasteiger partial charge in [0.05, 0.1) is 5.02 Å². The molecule has 2 amide bonds. The highest BCUT2D eigenvalue weighted by molar-refractivity contribution is 6.31. The minimum Gasteiger partial charge on any atom is -0.444 e. The Kier molecular flexibility index (Phi) is 4.43. The molecule has 2 aliphatic rings. The van der Waals surface area contributed by atoms with Crippen LogP contribution in [0.2, 0.25) is 5.02 Å². The molecule has 0 saturated carbocycles. The molecule has 0 bridgehead atoms. The smallest absolute Gasteiger partial charge is 0.410 e. The summed E-state index contributed by atoms with van der Waals surface area (Å²) in [6.45, 7) is 6.16. The van der Waals surface area contributed by atoms with Crippen molar-refractivity contribution >= 4 is 29.3 Å². The van der Waals surface area contributed by atoms with Gasteiger partial charge in [0.25, 0.3) is 0 Å². The number of amides is 2. The van der Waals surface area contributed by atoms with E-state index in [2.05, 4.69) is 5.32 Å². The van der Waals surface area contributed by atoms with E-state index in [-0.39, 0.29) is 23.9 Å². The summed E-state index contributed by atoms with van der Waals surface area (Å²) in [6, 6.07) is 3.05. The first-order chi connectivity index (χ1) is 11.6. The van der Waals surface area contributed by atoms with Gasteiger partial charge in [0, 0.05) is 36.2 Å². The molecule has 7 heteroatoms. The Morgan fingerprint density at radius 3 is 2.80 bits per heavy atom. The molecular weight excluding hydrogens is 347 g/mol. The highest BCUT2D eigenvalue weighted by atomic mass is 35.5. The van der Waals surface area contributed by atoms with Crippen LogP contribution >= 0.6 is 11.6 Å². The largest absolute Gasteiger partial charge is 0.444 e. The summed E-state index contributed by atoms with van der Waals surface area (Å²) in [5, 5.41) is 2.73. The molecule has 1 atom stereocenters. The number of ether oxygens (including phenoxy) is 1. The SMILES string of the molecule is CC(C)(C)OC(=O)N1CCCC2(CC(=O)Nc3ccc(Cl)c(F)c32)C1. The minimum absolute atomic E-state index is 0.0173. The van der Waals surface area contributed by atoms with E-state index in [0.717, 1.165) is 0 Å². The fraction of sp³-hybridized carbons (Fsp3) is 0.556. The molecule has 0 aliphatic carbocycles. The fourth-order valence-electron chi connectivity index (χ4n) is 3.73. The molecule has 2 aliphatic heterocycles. The molecule has 1 aromatic rings. The molecule has 0 aromatic heterocycles. The maximum absolute atomic E-state index is 14.8. The standard InChI is InChI=1S/C18H22ClFN2O3/c1-17(2,3)25-16(24)22-8-4-7-18(10-22)9-13(23)21-12-6-5-11(19)15(20)14(12)18/h5-6H,4,7-10H2,1-3H3,(H,21,23). The Balaban J connectivity index is 1.98. The number of hydrogen-bond donors (Lipinski definition) is 1. The number of rotatable bonds is 0. The lowest BCUT2D eigenvalue weighted by Gasteiger charge is -2.45. The van der Waals surface area contributed by atoms with Crippen LogP contribution in [-0.4, -0.2) is 35.6 Å². The van der Waals surface area contributed by atoms with Gasteiger partial charge >= 0.3 is 6.09 Å². The van der Waals surface area contributed by atoms with E-state index in [9.17, 15) is 14.0 Å². The number of carbonyl (C=O) groups excluding carboxylic acids is 2. The predicted molar refractivity (Wildman–Crippen MR) is 93.4 cm³/mol.